The minimum Gasteiger partial charge on any atom is -0.465 e. The van der Waals surface area contributed by atoms with Gasteiger partial charge in [0.25, 0.3) is 5.91 Å². The van der Waals surface area contributed by atoms with Gasteiger partial charge in [-0.25, -0.2) is 0 Å². The molecule has 2 aromatic carbocycles. The first kappa shape index (κ1) is 18.4. The predicted octanol–water partition coefficient (Wildman–Crippen LogP) is 3.59. The molecule has 0 aliphatic heterocycles. The first-order valence-corrected chi connectivity index (χ1v) is 9.32. The Hall–Kier alpha value is -2.44. The third-order valence-electron chi connectivity index (χ3n) is 3.66. The molecule has 0 aliphatic carbocycles. The average molecular weight is 389 g/mol. The highest BCUT2D eigenvalue weighted by molar-refractivity contribution is 7.16. The summed E-state index contributed by atoms with van der Waals surface area (Å²) in [6.45, 7) is 2.04. The van der Waals surface area contributed by atoms with Crippen LogP contribution >= 0.6 is 22.9 Å². The molecule has 0 spiro atoms. The van der Waals surface area contributed by atoms with Crippen LogP contribution in [0.5, 0.6) is 0 Å². The van der Waals surface area contributed by atoms with E-state index in [2.05, 4.69) is 4.99 Å². The van der Waals surface area contributed by atoms with Gasteiger partial charge in [0.05, 0.1) is 23.2 Å². The summed E-state index contributed by atoms with van der Waals surface area (Å²) in [7, 11) is 0. The van der Waals surface area contributed by atoms with Crippen molar-refractivity contribution in [3.8, 4) is 0 Å². The number of rotatable bonds is 5. The molecular formula is C19H17ClN2O3S. The van der Waals surface area contributed by atoms with Crippen LogP contribution in [0.4, 0.5) is 0 Å². The van der Waals surface area contributed by atoms with Gasteiger partial charge in [0.2, 0.25) is 0 Å². The Morgan fingerprint density at radius 1 is 1.19 bits per heavy atom. The van der Waals surface area contributed by atoms with E-state index in [1.807, 2.05) is 36.4 Å². The van der Waals surface area contributed by atoms with Crippen LogP contribution in [-0.2, 0) is 27.3 Å². The topological polar surface area (TPSA) is 60.7 Å². The summed E-state index contributed by atoms with van der Waals surface area (Å²) >= 11 is 7.38. The second kappa shape index (κ2) is 8.29. The molecule has 0 aliphatic rings. The second-order valence-electron chi connectivity index (χ2n) is 5.56. The van der Waals surface area contributed by atoms with Crippen LogP contribution < -0.4 is 4.80 Å². The minimum absolute atomic E-state index is 0.00702. The number of hydrogen-bond donors (Lipinski definition) is 0. The Labute approximate surface area is 159 Å². The van der Waals surface area contributed by atoms with E-state index in [9.17, 15) is 9.59 Å². The van der Waals surface area contributed by atoms with Crippen molar-refractivity contribution in [1.29, 1.82) is 0 Å². The molecule has 0 fully saturated rings. The van der Waals surface area contributed by atoms with Crippen LogP contribution in [0.3, 0.4) is 0 Å². The Morgan fingerprint density at radius 3 is 2.69 bits per heavy atom. The number of hydrogen-bond acceptors (Lipinski definition) is 4. The monoisotopic (exact) mass is 388 g/mol. The number of thiazole rings is 1. The lowest BCUT2D eigenvalue weighted by atomic mass is 10.1. The lowest BCUT2D eigenvalue weighted by molar-refractivity contribution is -0.143. The molecule has 0 saturated heterocycles. The number of carbonyl (C=O) groups excluding carboxylic acids is 2. The van der Waals surface area contributed by atoms with E-state index in [4.69, 9.17) is 16.3 Å². The van der Waals surface area contributed by atoms with Crippen LogP contribution in [0, 0.1) is 0 Å². The maximum atomic E-state index is 12.4. The van der Waals surface area contributed by atoms with Crippen LogP contribution in [0.2, 0.25) is 5.02 Å². The van der Waals surface area contributed by atoms with Crippen LogP contribution in [-0.4, -0.2) is 23.1 Å². The molecule has 0 radical (unpaired) electrons. The van der Waals surface area contributed by atoms with Gasteiger partial charge < -0.3 is 9.30 Å². The first-order valence-electron chi connectivity index (χ1n) is 8.13. The van der Waals surface area contributed by atoms with Gasteiger partial charge in [0.1, 0.15) is 6.54 Å². The predicted molar refractivity (Wildman–Crippen MR) is 102 cm³/mol. The normalized spacial score (nSPS) is 11.7. The summed E-state index contributed by atoms with van der Waals surface area (Å²) in [5.74, 6) is -0.648. The van der Waals surface area contributed by atoms with E-state index in [-0.39, 0.29) is 24.8 Å². The van der Waals surface area contributed by atoms with E-state index in [0.717, 1.165) is 15.8 Å². The average Bonchev–Trinajstić information content (AvgIpc) is 2.92. The molecule has 7 heteroatoms. The van der Waals surface area contributed by atoms with Crippen LogP contribution in [0.25, 0.3) is 10.2 Å². The zero-order chi connectivity index (χ0) is 18.5. The second-order valence-corrected chi connectivity index (χ2v) is 7.00. The Kier molecular flexibility index (Phi) is 5.85. The van der Waals surface area contributed by atoms with E-state index in [1.54, 1.807) is 23.6 Å². The van der Waals surface area contributed by atoms with Crippen molar-refractivity contribution >= 4 is 45.0 Å². The summed E-state index contributed by atoms with van der Waals surface area (Å²) in [5.41, 5.74) is 1.68. The van der Waals surface area contributed by atoms with Gasteiger partial charge in [-0.15, -0.1) is 0 Å². The molecule has 26 heavy (non-hydrogen) atoms. The molecule has 3 rings (SSSR count). The number of ether oxygens (including phenoxy) is 1. The summed E-state index contributed by atoms with van der Waals surface area (Å²) in [6, 6.07) is 14.8. The van der Waals surface area contributed by atoms with Gasteiger partial charge in [0.15, 0.2) is 4.80 Å². The number of aromatic nitrogens is 1. The molecule has 0 atom stereocenters. The highest BCUT2D eigenvalue weighted by atomic mass is 35.5. The largest absolute Gasteiger partial charge is 0.465 e. The third kappa shape index (κ3) is 4.39. The summed E-state index contributed by atoms with van der Waals surface area (Å²) in [6.07, 6.45) is 0.204. The lowest BCUT2D eigenvalue weighted by Crippen LogP contribution is -2.23. The molecule has 1 heterocycles. The van der Waals surface area contributed by atoms with Crippen molar-refractivity contribution in [1.82, 2.24) is 4.57 Å². The van der Waals surface area contributed by atoms with Gasteiger partial charge in [-0.1, -0.05) is 53.3 Å². The lowest BCUT2D eigenvalue weighted by Gasteiger charge is -2.05. The van der Waals surface area contributed by atoms with Gasteiger partial charge in [-0.05, 0) is 30.7 Å². The fraction of sp³-hybridized carbons (Fsp3) is 0.211. The zero-order valence-electron chi connectivity index (χ0n) is 14.1. The molecular weight excluding hydrogens is 372 g/mol. The summed E-state index contributed by atoms with van der Waals surface area (Å²) in [5, 5.41) is 0.587. The SMILES string of the molecule is CCOC(=O)Cn1c(=NC(=O)Cc2ccccc2)sc2cc(Cl)ccc21. The fourth-order valence-corrected chi connectivity index (χ4v) is 3.86. The van der Waals surface area contributed by atoms with Crippen molar-refractivity contribution in [2.24, 2.45) is 4.99 Å². The molecule has 0 bridgehead atoms. The third-order valence-corrected chi connectivity index (χ3v) is 4.93. The smallest absolute Gasteiger partial charge is 0.326 e. The van der Waals surface area contributed by atoms with Gasteiger partial charge in [-0.3, -0.25) is 9.59 Å². The molecule has 0 saturated carbocycles. The van der Waals surface area contributed by atoms with Crippen molar-refractivity contribution < 1.29 is 14.3 Å². The van der Waals surface area contributed by atoms with Crippen LogP contribution in [0.15, 0.2) is 53.5 Å². The van der Waals surface area contributed by atoms with E-state index in [1.165, 1.54) is 11.3 Å². The summed E-state index contributed by atoms with van der Waals surface area (Å²) in [4.78, 5) is 29.0. The Morgan fingerprint density at radius 2 is 1.96 bits per heavy atom. The van der Waals surface area contributed by atoms with E-state index >= 15 is 0 Å². The highest BCUT2D eigenvalue weighted by Crippen LogP contribution is 2.22. The molecule has 1 amide bonds. The Bertz CT molecular complexity index is 1010. The molecule has 3 aromatic rings. The highest BCUT2D eigenvalue weighted by Gasteiger charge is 2.12. The number of halogens is 1. The van der Waals surface area contributed by atoms with Crippen LogP contribution in [0.1, 0.15) is 12.5 Å². The molecule has 0 unspecified atom stereocenters. The van der Waals surface area contributed by atoms with Gasteiger partial charge >= 0.3 is 5.97 Å². The van der Waals surface area contributed by atoms with Crippen molar-refractivity contribution in [3.63, 3.8) is 0 Å². The van der Waals surface area contributed by atoms with Gasteiger partial charge in [0, 0.05) is 5.02 Å². The molecule has 1 aromatic heterocycles. The fourth-order valence-electron chi connectivity index (χ4n) is 2.54. The number of carbonyl (C=O) groups is 2. The number of amides is 1. The minimum atomic E-state index is -0.376. The van der Waals surface area contributed by atoms with Crippen molar-refractivity contribution in [2.45, 2.75) is 19.9 Å². The zero-order valence-corrected chi connectivity index (χ0v) is 15.7. The van der Waals surface area contributed by atoms with E-state index in [0.29, 0.717) is 16.4 Å². The number of fused-ring (bicyclic) bond motifs is 1. The summed E-state index contributed by atoms with van der Waals surface area (Å²) < 4.78 is 7.58. The molecule has 134 valence electrons. The number of nitrogens with zero attached hydrogens (tertiary/aromatic N) is 2. The maximum absolute atomic E-state index is 12.4. The van der Waals surface area contributed by atoms with Gasteiger partial charge in [-0.2, -0.15) is 4.99 Å². The van der Waals surface area contributed by atoms with Crippen molar-refractivity contribution in [3.05, 3.63) is 63.9 Å². The standard InChI is InChI=1S/C19H17ClN2O3S/c1-2-25-18(24)12-22-15-9-8-14(20)11-16(15)26-19(22)21-17(23)10-13-6-4-3-5-7-13/h3-9,11H,2,10,12H2,1H3. The van der Waals surface area contributed by atoms with Crippen molar-refractivity contribution in [2.75, 3.05) is 6.61 Å². The molecule has 0 N–H and O–H groups in total. The molecule has 5 nitrogen and oxygen atoms in total. The number of esters is 1. The Balaban J connectivity index is 2.00. The number of benzene rings is 2. The van der Waals surface area contributed by atoms with E-state index < -0.39 is 0 Å². The quantitative estimate of drug-likeness (QED) is 0.627. The maximum Gasteiger partial charge on any atom is 0.326 e. The first-order chi connectivity index (χ1) is 12.6.